The third-order valence-electron chi connectivity index (χ3n) is 8.01. The van der Waals surface area contributed by atoms with Crippen molar-refractivity contribution in [2.45, 2.75) is 44.6 Å². The smallest absolute Gasteiger partial charge is 0.248 e. The lowest BCUT2D eigenvalue weighted by atomic mass is 9.82. The predicted octanol–water partition coefficient (Wildman–Crippen LogP) is 3.55. The molecule has 3 aliphatic rings. The molecule has 3 atom stereocenters. The van der Waals surface area contributed by atoms with E-state index in [0.29, 0.717) is 22.9 Å². The first kappa shape index (κ1) is 17.0. The van der Waals surface area contributed by atoms with Crippen molar-refractivity contribution < 1.29 is 4.79 Å². The van der Waals surface area contributed by atoms with E-state index in [-0.39, 0.29) is 11.3 Å². The van der Waals surface area contributed by atoms with Gasteiger partial charge in [-0.25, -0.2) is 0 Å². The van der Waals surface area contributed by atoms with E-state index in [1.807, 2.05) is 18.2 Å². The van der Waals surface area contributed by atoms with E-state index in [1.54, 1.807) is 0 Å². The first-order valence-electron chi connectivity index (χ1n) is 10.2. The Labute approximate surface area is 161 Å². The molecule has 1 aliphatic heterocycles. The Morgan fingerprint density at radius 3 is 2.41 bits per heavy atom. The average Bonchev–Trinajstić information content (AvgIpc) is 3.03. The van der Waals surface area contributed by atoms with Crippen molar-refractivity contribution in [3.63, 3.8) is 0 Å². The number of nitrogens with two attached hydrogens (primary N) is 1. The van der Waals surface area contributed by atoms with Gasteiger partial charge < -0.3 is 5.73 Å². The largest absolute Gasteiger partial charge is 0.366 e. The van der Waals surface area contributed by atoms with E-state index in [1.165, 1.54) is 36.1 Å². The minimum atomic E-state index is -0.329. The van der Waals surface area contributed by atoms with Gasteiger partial charge in [0.15, 0.2) is 0 Å². The normalized spacial score (nSPS) is 32.3. The Kier molecular flexibility index (Phi) is 3.58. The van der Waals surface area contributed by atoms with Gasteiger partial charge in [0, 0.05) is 30.1 Å². The van der Waals surface area contributed by atoms with Crippen LogP contribution in [0.15, 0.2) is 48.5 Å². The highest BCUT2D eigenvalue weighted by atomic mass is 16.1. The molecule has 1 saturated carbocycles. The number of piperidine rings is 1. The second kappa shape index (κ2) is 5.68. The molecule has 0 radical (unpaired) electrons. The van der Waals surface area contributed by atoms with Gasteiger partial charge in [-0.05, 0) is 59.4 Å². The molecular weight excluding hydrogens is 332 g/mol. The van der Waals surface area contributed by atoms with Crippen molar-refractivity contribution in [2.75, 3.05) is 13.1 Å². The molecule has 27 heavy (non-hydrogen) atoms. The van der Waals surface area contributed by atoms with Crippen LogP contribution >= 0.6 is 0 Å². The van der Waals surface area contributed by atoms with E-state index in [0.717, 1.165) is 13.0 Å². The number of fused-ring (bicyclic) bond motifs is 2. The second-order valence-electron chi connectivity index (χ2n) is 9.00. The topological polar surface area (TPSA) is 46.3 Å². The molecular formula is C24H28N2O. The van der Waals surface area contributed by atoms with Crippen LogP contribution in [0.2, 0.25) is 0 Å². The summed E-state index contributed by atoms with van der Waals surface area (Å²) in [6.07, 6.45) is 3.50. The van der Waals surface area contributed by atoms with Crippen molar-refractivity contribution in [2.24, 2.45) is 17.1 Å². The number of hydrogen-bond acceptors (Lipinski definition) is 2. The fraction of sp³-hybridized carbons (Fsp3) is 0.458. The number of amides is 1. The van der Waals surface area contributed by atoms with Crippen molar-refractivity contribution >= 4 is 5.91 Å². The second-order valence-corrected chi connectivity index (χ2v) is 9.00. The van der Waals surface area contributed by atoms with Gasteiger partial charge in [0.05, 0.1) is 0 Å². The Bertz CT molecular complexity index is 897. The zero-order chi connectivity index (χ0) is 18.8. The lowest BCUT2D eigenvalue weighted by Gasteiger charge is -2.33. The Balaban J connectivity index is 1.39. The van der Waals surface area contributed by atoms with E-state index >= 15 is 0 Å². The fourth-order valence-electron chi connectivity index (χ4n) is 6.60. The molecule has 0 bridgehead atoms. The van der Waals surface area contributed by atoms with Crippen molar-refractivity contribution in [3.8, 4) is 0 Å². The van der Waals surface area contributed by atoms with E-state index in [9.17, 15) is 4.79 Å². The molecule has 3 unspecified atom stereocenters. The van der Waals surface area contributed by atoms with Gasteiger partial charge in [0.1, 0.15) is 0 Å². The lowest BCUT2D eigenvalue weighted by molar-refractivity contribution is 0.1000. The maximum Gasteiger partial charge on any atom is 0.248 e. The van der Waals surface area contributed by atoms with E-state index in [4.69, 9.17) is 5.73 Å². The van der Waals surface area contributed by atoms with Crippen LogP contribution in [0.4, 0.5) is 0 Å². The van der Waals surface area contributed by atoms with Crippen LogP contribution in [0.25, 0.3) is 0 Å². The monoisotopic (exact) mass is 360 g/mol. The molecule has 2 N–H and O–H groups in total. The molecule has 1 amide bonds. The zero-order valence-electron chi connectivity index (χ0n) is 16.2. The summed E-state index contributed by atoms with van der Waals surface area (Å²) >= 11 is 0. The van der Waals surface area contributed by atoms with Gasteiger partial charge in [-0.15, -0.1) is 0 Å². The number of primary amides is 1. The minimum Gasteiger partial charge on any atom is -0.366 e. The van der Waals surface area contributed by atoms with Crippen LogP contribution in [-0.4, -0.2) is 29.9 Å². The Morgan fingerprint density at radius 1 is 1.15 bits per heavy atom. The average molecular weight is 361 g/mol. The van der Waals surface area contributed by atoms with E-state index in [2.05, 4.69) is 49.1 Å². The Hall–Kier alpha value is -2.13. The standard InChI is InChI=1S/C24H28N2O/c1-3-24(19-10-6-9-18(11-19)22(25)27)21-14-26(15-23(21,24)2)20-12-16-7-4-5-8-17(16)13-20/h4-11,20-21H,3,12-15H2,1-2H3,(H2,25,27). The number of likely N-dealkylation sites (tertiary alicyclic amines) is 1. The number of hydrogen-bond donors (Lipinski definition) is 1. The maximum absolute atomic E-state index is 11.7. The molecule has 2 aromatic rings. The molecule has 5 rings (SSSR count). The van der Waals surface area contributed by atoms with Crippen molar-refractivity contribution in [3.05, 3.63) is 70.8 Å². The van der Waals surface area contributed by atoms with Gasteiger partial charge in [-0.1, -0.05) is 50.2 Å². The summed E-state index contributed by atoms with van der Waals surface area (Å²) in [6.45, 7) is 7.09. The Morgan fingerprint density at radius 2 is 1.85 bits per heavy atom. The summed E-state index contributed by atoms with van der Waals surface area (Å²) in [5.41, 5.74) is 11.0. The van der Waals surface area contributed by atoms with Gasteiger partial charge in [0.2, 0.25) is 5.91 Å². The maximum atomic E-state index is 11.7. The molecule has 1 heterocycles. The predicted molar refractivity (Wildman–Crippen MR) is 108 cm³/mol. The molecule has 3 nitrogen and oxygen atoms in total. The van der Waals surface area contributed by atoms with Crippen LogP contribution in [-0.2, 0) is 18.3 Å². The quantitative estimate of drug-likeness (QED) is 0.906. The van der Waals surface area contributed by atoms with Crippen molar-refractivity contribution in [1.29, 1.82) is 0 Å². The molecule has 2 fully saturated rings. The molecule has 3 heteroatoms. The highest BCUT2D eigenvalue weighted by molar-refractivity contribution is 5.93. The summed E-state index contributed by atoms with van der Waals surface area (Å²) in [6, 6.07) is 17.6. The van der Waals surface area contributed by atoms with Gasteiger partial charge in [-0.3, -0.25) is 9.69 Å². The number of carbonyl (C=O) groups excluding carboxylic acids is 1. The van der Waals surface area contributed by atoms with Crippen LogP contribution in [0.1, 0.15) is 47.3 Å². The zero-order valence-corrected chi connectivity index (χ0v) is 16.2. The van der Waals surface area contributed by atoms with Crippen LogP contribution < -0.4 is 5.73 Å². The first-order chi connectivity index (χ1) is 13.0. The summed E-state index contributed by atoms with van der Waals surface area (Å²) in [5, 5.41) is 0. The van der Waals surface area contributed by atoms with Crippen LogP contribution in [0, 0.1) is 11.3 Å². The fourth-order valence-corrected chi connectivity index (χ4v) is 6.60. The number of rotatable bonds is 4. The minimum absolute atomic E-state index is 0.195. The summed E-state index contributed by atoms with van der Waals surface area (Å²) in [7, 11) is 0. The molecule has 140 valence electrons. The third kappa shape index (κ3) is 2.21. The number of benzene rings is 2. The number of nitrogens with zero attached hydrogens (tertiary/aromatic N) is 1. The van der Waals surface area contributed by atoms with Crippen LogP contribution in [0.5, 0.6) is 0 Å². The van der Waals surface area contributed by atoms with E-state index < -0.39 is 0 Å². The highest BCUT2D eigenvalue weighted by Crippen LogP contribution is 2.74. The van der Waals surface area contributed by atoms with Crippen molar-refractivity contribution in [1.82, 2.24) is 4.90 Å². The highest BCUT2D eigenvalue weighted by Gasteiger charge is 2.76. The number of carbonyl (C=O) groups is 1. The SMILES string of the molecule is CCC1(c2cccc(C(N)=O)c2)C2CN(C3Cc4ccccc4C3)CC21C. The molecule has 1 saturated heterocycles. The molecule has 2 aromatic carbocycles. The molecule has 2 aliphatic carbocycles. The molecule has 0 spiro atoms. The summed E-state index contributed by atoms with van der Waals surface area (Å²) in [4.78, 5) is 14.4. The third-order valence-corrected chi connectivity index (χ3v) is 8.01. The van der Waals surface area contributed by atoms with Gasteiger partial charge >= 0.3 is 0 Å². The van der Waals surface area contributed by atoms with Gasteiger partial charge in [-0.2, -0.15) is 0 Å². The summed E-state index contributed by atoms with van der Waals surface area (Å²) < 4.78 is 0. The first-order valence-corrected chi connectivity index (χ1v) is 10.2. The lowest BCUT2D eigenvalue weighted by Crippen LogP contribution is -2.40. The molecule has 0 aromatic heterocycles. The summed E-state index contributed by atoms with van der Waals surface area (Å²) in [5.74, 6) is 0.339. The van der Waals surface area contributed by atoms with Gasteiger partial charge in [0.25, 0.3) is 0 Å². The van der Waals surface area contributed by atoms with Crippen LogP contribution in [0.3, 0.4) is 0 Å².